The molecule has 1 saturated heterocycles. The lowest BCUT2D eigenvalue weighted by Crippen LogP contribution is -2.58. The molecule has 24 heavy (non-hydrogen) atoms. The Morgan fingerprint density at radius 2 is 2.29 bits per heavy atom. The highest BCUT2D eigenvalue weighted by molar-refractivity contribution is 5.98. The van der Waals surface area contributed by atoms with Gasteiger partial charge in [-0.15, -0.1) is 5.10 Å². The number of hydrogen-bond acceptors (Lipinski definition) is 7. The first kappa shape index (κ1) is 15.5. The summed E-state index contributed by atoms with van der Waals surface area (Å²) >= 11 is 0. The minimum Gasteiger partial charge on any atom is -0.405 e. The molecular weight excluding hydrogens is 310 g/mol. The number of carbonyl (C=O) groups excluding carboxylic acids is 1. The molecule has 3 N–H and O–H groups in total. The second-order valence-corrected chi connectivity index (χ2v) is 5.67. The Kier molecular flexibility index (Phi) is 3.65. The molecule has 1 aliphatic heterocycles. The maximum absolute atomic E-state index is 12.0. The van der Waals surface area contributed by atoms with Gasteiger partial charge in [0.25, 0.3) is 0 Å². The first-order valence-electron chi connectivity index (χ1n) is 7.16. The molecule has 0 saturated carbocycles. The predicted octanol–water partition coefficient (Wildman–Crippen LogP) is 1.29. The number of benzene rings is 1. The van der Waals surface area contributed by atoms with Gasteiger partial charge < -0.3 is 15.1 Å². The van der Waals surface area contributed by atoms with E-state index in [1.54, 1.807) is 31.2 Å². The van der Waals surface area contributed by atoms with E-state index in [-0.39, 0.29) is 30.2 Å². The van der Waals surface area contributed by atoms with Crippen molar-refractivity contribution >= 4 is 23.6 Å². The van der Waals surface area contributed by atoms with E-state index in [0.717, 1.165) is 0 Å². The number of rotatable bonds is 3. The number of hydrogen-bond donors (Lipinski definition) is 3. The average molecular weight is 325 g/mol. The van der Waals surface area contributed by atoms with E-state index in [2.05, 4.69) is 20.8 Å². The van der Waals surface area contributed by atoms with E-state index in [0.29, 0.717) is 11.3 Å². The molecule has 1 atom stereocenters. The number of nitrogens with one attached hydrogen (secondary N) is 3. The molecule has 0 bridgehead atoms. The molecule has 1 amide bonds. The first-order chi connectivity index (χ1) is 11.4. The van der Waals surface area contributed by atoms with Gasteiger partial charge in [-0.3, -0.25) is 15.1 Å². The fourth-order valence-corrected chi connectivity index (χ4v) is 2.35. The van der Waals surface area contributed by atoms with Crippen LogP contribution in [0.15, 0.2) is 28.7 Å². The van der Waals surface area contributed by atoms with Crippen molar-refractivity contribution in [2.75, 3.05) is 12.4 Å². The maximum Gasteiger partial charge on any atom is 0.320 e. The quantitative estimate of drug-likeness (QED) is 0.774. The van der Waals surface area contributed by atoms with E-state index >= 15 is 0 Å². The van der Waals surface area contributed by atoms with Crippen molar-refractivity contribution in [3.63, 3.8) is 0 Å². The minimum atomic E-state index is -0.942. The third-order valence-corrected chi connectivity index (χ3v) is 3.75. The van der Waals surface area contributed by atoms with Crippen molar-refractivity contribution in [3.05, 3.63) is 35.7 Å². The fraction of sp³-hybridized carbons (Fsp3) is 0.267. The smallest absolute Gasteiger partial charge is 0.320 e. The molecule has 0 aliphatic carbocycles. The van der Waals surface area contributed by atoms with Crippen LogP contribution in [0.3, 0.4) is 0 Å². The lowest BCUT2D eigenvalue weighted by atomic mass is 9.95. The summed E-state index contributed by atoms with van der Waals surface area (Å²) in [4.78, 5) is 13.2. The molecule has 0 radical (unpaired) electrons. The van der Waals surface area contributed by atoms with Crippen molar-refractivity contribution in [1.29, 1.82) is 10.7 Å². The van der Waals surface area contributed by atoms with Gasteiger partial charge in [0.1, 0.15) is 5.54 Å². The van der Waals surface area contributed by atoms with Crippen LogP contribution in [0.25, 0.3) is 0 Å². The first-order valence-corrected chi connectivity index (χ1v) is 7.16. The zero-order chi connectivity index (χ0) is 17.3. The largest absolute Gasteiger partial charge is 0.405 e. The fourth-order valence-electron chi connectivity index (χ4n) is 2.35. The van der Waals surface area contributed by atoms with Crippen LogP contribution in [0.5, 0.6) is 0 Å². The molecule has 2 aromatic rings. The topological polar surface area (TPSA) is 131 Å². The summed E-state index contributed by atoms with van der Waals surface area (Å²) in [6, 6.07) is 9.02. The third-order valence-electron chi connectivity index (χ3n) is 3.75. The summed E-state index contributed by atoms with van der Waals surface area (Å²) in [5, 5.41) is 30.4. The molecule has 9 heteroatoms. The van der Waals surface area contributed by atoms with Crippen molar-refractivity contribution in [1.82, 2.24) is 20.4 Å². The zero-order valence-electron chi connectivity index (χ0n) is 13.1. The zero-order valence-corrected chi connectivity index (χ0v) is 13.1. The van der Waals surface area contributed by atoms with E-state index < -0.39 is 5.54 Å². The normalized spacial score (nSPS) is 20.5. The van der Waals surface area contributed by atoms with Gasteiger partial charge in [0.15, 0.2) is 5.96 Å². The van der Waals surface area contributed by atoms with Crippen molar-refractivity contribution in [3.8, 4) is 6.07 Å². The van der Waals surface area contributed by atoms with Crippen LogP contribution in [0.4, 0.5) is 11.7 Å². The van der Waals surface area contributed by atoms with Crippen LogP contribution in [-0.2, 0) is 10.3 Å². The Balaban J connectivity index is 1.81. The summed E-state index contributed by atoms with van der Waals surface area (Å²) in [6.07, 6.45) is 0.0947. The Hall–Kier alpha value is -3.41. The van der Waals surface area contributed by atoms with Crippen LogP contribution < -0.4 is 10.6 Å². The van der Waals surface area contributed by atoms with E-state index in [9.17, 15) is 4.79 Å². The molecule has 1 fully saturated rings. The van der Waals surface area contributed by atoms with Crippen molar-refractivity contribution in [2.24, 2.45) is 0 Å². The van der Waals surface area contributed by atoms with E-state index in [1.165, 1.54) is 11.9 Å². The number of guanidine groups is 1. The lowest BCUT2D eigenvalue weighted by Gasteiger charge is -2.36. The highest BCUT2D eigenvalue weighted by Gasteiger charge is 2.42. The summed E-state index contributed by atoms with van der Waals surface area (Å²) < 4.78 is 5.59. The van der Waals surface area contributed by atoms with Gasteiger partial charge in [0, 0.05) is 12.7 Å². The van der Waals surface area contributed by atoms with E-state index in [4.69, 9.17) is 15.1 Å². The van der Waals surface area contributed by atoms with Gasteiger partial charge in [-0.2, -0.15) is 5.26 Å². The Bertz CT molecular complexity index is 834. The third kappa shape index (κ3) is 2.77. The van der Waals surface area contributed by atoms with Gasteiger partial charge >= 0.3 is 6.01 Å². The molecule has 3 rings (SSSR count). The number of nitriles is 1. The standard InChI is InChI=1S/C15H15N7O2/c1-15(7-11(23)22(2)13(17)19-15)12-20-21-14(24-12)18-10-5-3-4-9(6-10)8-16/h3-6H,7H2,1-2H3,(H2,17,19)(H,18,21)/t15-/m0/s1. The summed E-state index contributed by atoms with van der Waals surface area (Å²) in [7, 11) is 1.53. The SMILES string of the molecule is CN1C(=N)N[C@](C)(c2nnc(Nc3cccc(C#N)c3)o2)CC1=O. The monoisotopic (exact) mass is 325 g/mol. The molecule has 0 spiro atoms. The van der Waals surface area contributed by atoms with Gasteiger partial charge in [-0.25, -0.2) is 0 Å². The molecule has 1 aromatic carbocycles. The van der Waals surface area contributed by atoms with Gasteiger partial charge in [-0.1, -0.05) is 11.2 Å². The molecule has 1 aliphatic rings. The van der Waals surface area contributed by atoms with Gasteiger partial charge in [0.05, 0.1) is 18.1 Å². The van der Waals surface area contributed by atoms with Gasteiger partial charge in [-0.05, 0) is 25.1 Å². The number of aromatic nitrogens is 2. The lowest BCUT2D eigenvalue weighted by molar-refractivity contribution is -0.129. The molecule has 2 heterocycles. The molecular formula is C15H15N7O2. The summed E-state index contributed by atoms with van der Waals surface area (Å²) in [6.45, 7) is 1.72. The number of nitrogens with zero attached hydrogens (tertiary/aromatic N) is 4. The van der Waals surface area contributed by atoms with Gasteiger partial charge in [0.2, 0.25) is 11.8 Å². The second kappa shape index (κ2) is 5.66. The Morgan fingerprint density at radius 3 is 3.00 bits per heavy atom. The second-order valence-electron chi connectivity index (χ2n) is 5.67. The Morgan fingerprint density at radius 1 is 1.50 bits per heavy atom. The highest BCUT2D eigenvalue weighted by atomic mass is 16.4. The van der Waals surface area contributed by atoms with Crippen molar-refractivity contribution in [2.45, 2.75) is 18.9 Å². The highest BCUT2D eigenvalue weighted by Crippen LogP contribution is 2.29. The van der Waals surface area contributed by atoms with Crippen LogP contribution >= 0.6 is 0 Å². The van der Waals surface area contributed by atoms with Crippen LogP contribution in [0, 0.1) is 16.7 Å². The van der Waals surface area contributed by atoms with Crippen LogP contribution in [0.1, 0.15) is 24.8 Å². The molecule has 1 aromatic heterocycles. The summed E-state index contributed by atoms with van der Waals surface area (Å²) in [5.74, 6) is -0.0356. The average Bonchev–Trinajstić information content (AvgIpc) is 3.02. The molecule has 122 valence electrons. The van der Waals surface area contributed by atoms with Crippen molar-refractivity contribution < 1.29 is 9.21 Å². The molecule has 9 nitrogen and oxygen atoms in total. The number of carbonyl (C=O) groups is 1. The summed E-state index contributed by atoms with van der Waals surface area (Å²) in [5.41, 5.74) is 0.194. The number of anilines is 2. The Labute approximate surface area is 137 Å². The predicted molar refractivity (Wildman–Crippen MR) is 84.3 cm³/mol. The maximum atomic E-state index is 12.0. The minimum absolute atomic E-state index is 0.0248. The number of amides is 1. The van der Waals surface area contributed by atoms with Crippen LogP contribution in [0.2, 0.25) is 0 Å². The van der Waals surface area contributed by atoms with Crippen LogP contribution in [-0.4, -0.2) is 34.0 Å². The van der Waals surface area contributed by atoms with E-state index in [1.807, 2.05) is 6.07 Å². The molecule has 0 unspecified atom stereocenters.